The number of aryl methyl sites for hydroxylation is 1. The quantitative estimate of drug-likeness (QED) is 0.805. The van der Waals surface area contributed by atoms with Gasteiger partial charge in [-0.2, -0.15) is 0 Å². The number of hydrogen-bond donors (Lipinski definition) is 2. The maximum atomic E-state index is 13.0. The van der Waals surface area contributed by atoms with Crippen LogP contribution in [-0.4, -0.2) is 20.9 Å². The minimum atomic E-state index is -3.62. The highest BCUT2D eigenvalue weighted by Crippen LogP contribution is 2.40. The van der Waals surface area contributed by atoms with Crippen LogP contribution in [0.1, 0.15) is 49.7 Å². The lowest BCUT2D eigenvalue weighted by Gasteiger charge is -2.30. The maximum absolute atomic E-state index is 13.0. The molecule has 1 heterocycles. The molecule has 2 N–H and O–H groups in total. The molecular formula is C22H26N2O3S. The number of sulfonamides is 1. The van der Waals surface area contributed by atoms with E-state index in [0.29, 0.717) is 19.4 Å². The number of benzene rings is 2. The van der Waals surface area contributed by atoms with Gasteiger partial charge in [0, 0.05) is 24.1 Å². The number of anilines is 1. The van der Waals surface area contributed by atoms with Crippen molar-refractivity contribution in [1.29, 1.82) is 0 Å². The largest absolute Gasteiger partial charge is 0.326 e. The van der Waals surface area contributed by atoms with Crippen LogP contribution in [0.25, 0.3) is 0 Å². The highest BCUT2D eigenvalue weighted by molar-refractivity contribution is 7.89. The second-order valence-corrected chi connectivity index (χ2v) is 9.67. The first-order valence-corrected chi connectivity index (χ1v) is 11.4. The molecule has 1 saturated carbocycles. The van der Waals surface area contributed by atoms with Crippen LogP contribution in [0, 0.1) is 0 Å². The van der Waals surface area contributed by atoms with E-state index in [1.54, 1.807) is 18.2 Å². The molecule has 2 aromatic rings. The first kappa shape index (κ1) is 19.2. The standard InChI is InChI=1S/C22H26N2O3S/c25-21-10-6-7-17-15-19(11-12-20(17)24-21)28(26,27)23-16-22(13-4-5-14-22)18-8-2-1-3-9-18/h1-3,8-9,11-12,15,23H,4-7,10,13-14,16H2,(H,24,25). The first-order chi connectivity index (χ1) is 13.5. The average Bonchev–Trinajstić information content (AvgIpc) is 3.10. The van der Waals surface area contributed by atoms with Crippen LogP contribution < -0.4 is 10.0 Å². The van der Waals surface area contributed by atoms with Crippen LogP contribution in [0.3, 0.4) is 0 Å². The van der Waals surface area contributed by atoms with E-state index in [2.05, 4.69) is 22.2 Å². The van der Waals surface area contributed by atoms with Gasteiger partial charge in [0.1, 0.15) is 0 Å². The Labute approximate surface area is 166 Å². The van der Waals surface area contributed by atoms with E-state index in [1.807, 2.05) is 18.2 Å². The number of nitrogens with one attached hydrogen (secondary N) is 2. The normalized spacial score (nSPS) is 18.9. The summed E-state index contributed by atoms with van der Waals surface area (Å²) >= 11 is 0. The van der Waals surface area contributed by atoms with Crippen molar-refractivity contribution in [1.82, 2.24) is 4.72 Å². The van der Waals surface area contributed by atoms with Gasteiger partial charge in [0.15, 0.2) is 0 Å². The number of carbonyl (C=O) groups excluding carboxylic acids is 1. The highest BCUT2D eigenvalue weighted by atomic mass is 32.2. The molecule has 1 amide bonds. The van der Waals surface area contributed by atoms with Crippen molar-refractivity contribution in [2.24, 2.45) is 0 Å². The molecule has 5 nitrogen and oxygen atoms in total. The van der Waals surface area contributed by atoms with E-state index in [4.69, 9.17) is 0 Å². The van der Waals surface area contributed by atoms with Gasteiger partial charge >= 0.3 is 0 Å². The molecular weight excluding hydrogens is 372 g/mol. The number of rotatable bonds is 5. The fraction of sp³-hybridized carbons (Fsp3) is 0.409. The number of amides is 1. The Balaban J connectivity index is 1.56. The Morgan fingerprint density at radius 1 is 0.964 bits per heavy atom. The Morgan fingerprint density at radius 3 is 2.46 bits per heavy atom. The van der Waals surface area contributed by atoms with Crippen LogP contribution in [-0.2, 0) is 26.7 Å². The zero-order valence-electron chi connectivity index (χ0n) is 15.9. The molecule has 148 valence electrons. The van der Waals surface area contributed by atoms with E-state index < -0.39 is 10.0 Å². The predicted molar refractivity (Wildman–Crippen MR) is 110 cm³/mol. The number of hydrogen-bond acceptors (Lipinski definition) is 3. The summed E-state index contributed by atoms with van der Waals surface area (Å²) in [6.07, 6.45) is 6.13. The van der Waals surface area contributed by atoms with Gasteiger partial charge in [0.05, 0.1) is 4.90 Å². The maximum Gasteiger partial charge on any atom is 0.240 e. The summed E-state index contributed by atoms with van der Waals surface area (Å²) < 4.78 is 28.9. The van der Waals surface area contributed by atoms with Crippen LogP contribution in [0.15, 0.2) is 53.4 Å². The predicted octanol–water partition coefficient (Wildman–Crippen LogP) is 3.75. The van der Waals surface area contributed by atoms with Crippen molar-refractivity contribution >= 4 is 21.6 Å². The zero-order chi connectivity index (χ0) is 19.6. The first-order valence-electron chi connectivity index (χ1n) is 9.97. The molecule has 1 fully saturated rings. The van der Waals surface area contributed by atoms with E-state index in [9.17, 15) is 13.2 Å². The number of fused-ring (bicyclic) bond motifs is 1. The average molecular weight is 399 g/mol. The second kappa shape index (κ2) is 7.68. The Bertz CT molecular complexity index is 965. The molecule has 0 aromatic heterocycles. The van der Waals surface area contributed by atoms with Crippen LogP contribution in [0.4, 0.5) is 5.69 Å². The van der Waals surface area contributed by atoms with Gasteiger partial charge in [-0.3, -0.25) is 4.79 Å². The minimum absolute atomic E-state index is 0.0153. The second-order valence-electron chi connectivity index (χ2n) is 7.90. The van der Waals surface area contributed by atoms with Crippen molar-refractivity contribution in [3.05, 3.63) is 59.7 Å². The third-order valence-electron chi connectivity index (χ3n) is 6.06. The fourth-order valence-electron chi connectivity index (χ4n) is 4.45. The van der Waals surface area contributed by atoms with Gasteiger partial charge in [0.25, 0.3) is 0 Å². The van der Waals surface area contributed by atoms with E-state index >= 15 is 0 Å². The third-order valence-corrected chi connectivity index (χ3v) is 7.46. The lowest BCUT2D eigenvalue weighted by atomic mass is 9.79. The van der Waals surface area contributed by atoms with Crippen molar-refractivity contribution in [3.8, 4) is 0 Å². The van der Waals surface area contributed by atoms with Crippen LogP contribution >= 0.6 is 0 Å². The lowest BCUT2D eigenvalue weighted by Crippen LogP contribution is -2.39. The lowest BCUT2D eigenvalue weighted by molar-refractivity contribution is -0.116. The Hall–Kier alpha value is -2.18. The van der Waals surface area contributed by atoms with E-state index in [1.165, 1.54) is 5.56 Å². The van der Waals surface area contributed by atoms with Gasteiger partial charge in [-0.25, -0.2) is 13.1 Å². The van der Waals surface area contributed by atoms with Crippen LogP contribution in [0.5, 0.6) is 0 Å². The fourth-order valence-corrected chi connectivity index (χ4v) is 5.62. The van der Waals surface area contributed by atoms with Crippen LogP contribution in [0.2, 0.25) is 0 Å². The molecule has 0 radical (unpaired) electrons. The summed E-state index contributed by atoms with van der Waals surface area (Å²) in [6, 6.07) is 15.2. The Kier molecular flexibility index (Phi) is 5.25. The molecule has 0 atom stereocenters. The van der Waals surface area contributed by atoms with Crippen molar-refractivity contribution in [3.63, 3.8) is 0 Å². The molecule has 2 aliphatic rings. The topological polar surface area (TPSA) is 75.3 Å². The highest BCUT2D eigenvalue weighted by Gasteiger charge is 2.36. The van der Waals surface area contributed by atoms with Gasteiger partial charge in [0.2, 0.25) is 15.9 Å². The molecule has 28 heavy (non-hydrogen) atoms. The molecule has 0 bridgehead atoms. The molecule has 2 aromatic carbocycles. The molecule has 4 rings (SSSR count). The van der Waals surface area contributed by atoms with E-state index in [-0.39, 0.29) is 16.2 Å². The molecule has 1 aliphatic carbocycles. The summed E-state index contributed by atoms with van der Waals surface area (Å²) in [5.74, 6) is -0.0153. The third kappa shape index (κ3) is 3.84. The van der Waals surface area contributed by atoms with Gasteiger partial charge in [-0.05, 0) is 55.0 Å². The zero-order valence-corrected chi connectivity index (χ0v) is 16.7. The van der Waals surface area contributed by atoms with Crippen molar-refractivity contribution in [2.45, 2.75) is 55.3 Å². The SMILES string of the molecule is O=C1CCCc2cc(S(=O)(=O)NCC3(c4ccccc4)CCCC3)ccc2N1. The summed E-state index contributed by atoms with van der Waals surface area (Å²) in [6.45, 7) is 0.410. The minimum Gasteiger partial charge on any atom is -0.326 e. The monoisotopic (exact) mass is 398 g/mol. The smallest absolute Gasteiger partial charge is 0.240 e. The Morgan fingerprint density at radius 2 is 1.71 bits per heavy atom. The number of carbonyl (C=O) groups is 1. The summed E-state index contributed by atoms with van der Waals surface area (Å²) in [4.78, 5) is 12.0. The van der Waals surface area contributed by atoms with Gasteiger partial charge < -0.3 is 5.32 Å². The van der Waals surface area contributed by atoms with E-state index in [0.717, 1.165) is 43.4 Å². The molecule has 0 saturated heterocycles. The summed E-state index contributed by atoms with van der Waals surface area (Å²) in [7, 11) is -3.62. The molecule has 1 aliphatic heterocycles. The molecule has 0 spiro atoms. The van der Waals surface area contributed by atoms with Gasteiger partial charge in [-0.15, -0.1) is 0 Å². The summed E-state index contributed by atoms with van der Waals surface area (Å²) in [5.41, 5.74) is 2.68. The van der Waals surface area contributed by atoms with Gasteiger partial charge in [-0.1, -0.05) is 43.2 Å². The molecule has 0 unspecified atom stereocenters. The van der Waals surface area contributed by atoms with Crippen molar-refractivity contribution in [2.75, 3.05) is 11.9 Å². The van der Waals surface area contributed by atoms with Crippen molar-refractivity contribution < 1.29 is 13.2 Å². The molecule has 6 heteroatoms. The summed E-state index contributed by atoms with van der Waals surface area (Å²) in [5, 5.41) is 2.85.